The maximum Gasteiger partial charge on any atom is -0.0443 e. The molecule has 0 aliphatic carbocycles. The van der Waals surface area contributed by atoms with Gasteiger partial charge in [0, 0.05) is 0 Å². The van der Waals surface area contributed by atoms with Crippen molar-refractivity contribution >= 4 is 0 Å². The summed E-state index contributed by atoms with van der Waals surface area (Å²) in [4.78, 5) is 0. The number of rotatable bonds is 9. The first-order valence-electron chi connectivity index (χ1n) is 7.06. The number of hydrogen-bond acceptors (Lipinski definition) is 0. The topological polar surface area (TPSA) is 0 Å². The Bertz CT molecular complexity index is 126. The molecule has 0 aromatic heterocycles. The summed E-state index contributed by atoms with van der Waals surface area (Å²) >= 11 is 0. The predicted octanol–water partition coefficient (Wildman–Crippen LogP) is 5.67. The first-order valence-corrected chi connectivity index (χ1v) is 7.06. The fourth-order valence-corrected chi connectivity index (χ4v) is 2.04. The Kier molecular flexibility index (Phi) is 9.24. The summed E-state index contributed by atoms with van der Waals surface area (Å²) in [7, 11) is 0. The second-order valence-electron chi connectivity index (χ2n) is 5.87. The van der Waals surface area contributed by atoms with Crippen LogP contribution in [0, 0.1) is 17.8 Å². The van der Waals surface area contributed by atoms with Crippen molar-refractivity contribution in [3.8, 4) is 0 Å². The van der Waals surface area contributed by atoms with Crippen LogP contribution in [0.5, 0.6) is 0 Å². The Morgan fingerprint density at radius 2 is 1.13 bits per heavy atom. The fraction of sp³-hybridized carbons (Fsp3) is 1.00. The van der Waals surface area contributed by atoms with Crippen LogP contribution in [0.4, 0.5) is 0 Å². The number of hydrogen-bond donors (Lipinski definition) is 0. The summed E-state index contributed by atoms with van der Waals surface area (Å²) in [5, 5.41) is 0. The average Bonchev–Trinajstić information content (AvgIpc) is 2.17. The summed E-state index contributed by atoms with van der Waals surface area (Å²) in [6.45, 7) is 11.8. The molecule has 0 aliphatic rings. The average molecular weight is 212 g/mol. The quantitative estimate of drug-likeness (QED) is 0.462. The molecular weight excluding hydrogens is 180 g/mol. The second kappa shape index (κ2) is 9.24. The van der Waals surface area contributed by atoms with Gasteiger partial charge in [0.05, 0.1) is 0 Å². The van der Waals surface area contributed by atoms with Gasteiger partial charge >= 0.3 is 0 Å². The summed E-state index contributed by atoms with van der Waals surface area (Å²) in [6, 6.07) is 0. The highest BCUT2D eigenvalue weighted by molar-refractivity contribution is 4.58. The lowest BCUT2D eigenvalue weighted by atomic mass is 9.93. The SMILES string of the molecule is CC[C@H](C)CCC[C@H](C)CCCC(C)C. The molecule has 0 heterocycles. The molecule has 0 aliphatic heterocycles. The van der Waals surface area contributed by atoms with E-state index in [1.165, 1.54) is 44.9 Å². The first-order chi connectivity index (χ1) is 7.06. The maximum atomic E-state index is 2.43. The molecule has 15 heavy (non-hydrogen) atoms. The van der Waals surface area contributed by atoms with Crippen molar-refractivity contribution in [2.75, 3.05) is 0 Å². The molecule has 0 fully saturated rings. The van der Waals surface area contributed by atoms with Gasteiger partial charge in [0.1, 0.15) is 0 Å². The van der Waals surface area contributed by atoms with Crippen molar-refractivity contribution in [1.29, 1.82) is 0 Å². The molecule has 0 rings (SSSR count). The van der Waals surface area contributed by atoms with Gasteiger partial charge in [-0.2, -0.15) is 0 Å². The zero-order valence-electron chi connectivity index (χ0n) is 11.7. The Morgan fingerprint density at radius 3 is 1.60 bits per heavy atom. The van der Waals surface area contributed by atoms with E-state index in [1.807, 2.05) is 0 Å². The molecule has 0 N–H and O–H groups in total. The third-order valence-electron chi connectivity index (χ3n) is 3.57. The van der Waals surface area contributed by atoms with E-state index in [2.05, 4.69) is 34.6 Å². The maximum absolute atomic E-state index is 2.43. The van der Waals surface area contributed by atoms with E-state index in [1.54, 1.807) is 0 Å². The molecule has 0 saturated heterocycles. The molecule has 92 valence electrons. The van der Waals surface area contributed by atoms with Crippen molar-refractivity contribution in [2.45, 2.75) is 79.6 Å². The van der Waals surface area contributed by atoms with Gasteiger partial charge in [0.2, 0.25) is 0 Å². The van der Waals surface area contributed by atoms with Crippen molar-refractivity contribution < 1.29 is 0 Å². The van der Waals surface area contributed by atoms with Crippen LogP contribution in [0.15, 0.2) is 0 Å². The van der Waals surface area contributed by atoms with Gasteiger partial charge in [0.25, 0.3) is 0 Å². The highest BCUT2D eigenvalue weighted by Crippen LogP contribution is 2.19. The molecule has 0 aromatic carbocycles. The smallest absolute Gasteiger partial charge is 0.0443 e. The van der Waals surface area contributed by atoms with Gasteiger partial charge < -0.3 is 0 Å². The van der Waals surface area contributed by atoms with Crippen LogP contribution in [0.25, 0.3) is 0 Å². The molecule has 0 saturated carbocycles. The Morgan fingerprint density at radius 1 is 0.667 bits per heavy atom. The Hall–Kier alpha value is 0. The largest absolute Gasteiger partial charge is 0.0651 e. The van der Waals surface area contributed by atoms with Crippen molar-refractivity contribution in [3.05, 3.63) is 0 Å². The van der Waals surface area contributed by atoms with Crippen LogP contribution in [0.3, 0.4) is 0 Å². The zero-order chi connectivity index (χ0) is 11.7. The third kappa shape index (κ3) is 10.3. The van der Waals surface area contributed by atoms with E-state index < -0.39 is 0 Å². The normalized spacial score (nSPS) is 15.6. The van der Waals surface area contributed by atoms with Crippen molar-refractivity contribution in [2.24, 2.45) is 17.8 Å². The summed E-state index contributed by atoms with van der Waals surface area (Å²) in [5.41, 5.74) is 0. The molecule has 0 amide bonds. The van der Waals surface area contributed by atoms with Gasteiger partial charge in [-0.1, -0.05) is 79.6 Å². The molecule has 0 radical (unpaired) electrons. The Labute approximate surface area is 97.8 Å². The minimum atomic E-state index is 0.886. The summed E-state index contributed by atoms with van der Waals surface area (Å²) in [6.07, 6.45) is 9.96. The molecule has 0 spiro atoms. The molecule has 2 atom stereocenters. The lowest BCUT2D eigenvalue weighted by Crippen LogP contribution is -1.99. The minimum Gasteiger partial charge on any atom is -0.0651 e. The lowest BCUT2D eigenvalue weighted by molar-refractivity contribution is 0.397. The van der Waals surface area contributed by atoms with Gasteiger partial charge in [0.15, 0.2) is 0 Å². The van der Waals surface area contributed by atoms with E-state index >= 15 is 0 Å². The van der Waals surface area contributed by atoms with Crippen molar-refractivity contribution in [3.63, 3.8) is 0 Å². The second-order valence-corrected chi connectivity index (χ2v) is 5.87. The van der Waals surface area contributed by atoms with Gasteiger partial charge in [-0.25, -0.2) is 0 Å². The molecular formula is C15H32. The summed E-state index contributed by atoms with van der Waals surface area (Å²) in [5.74, 6) is 2.78. The third-order valence-corrected chi connectivity index (χ3v) is 3.57. The molecule has 0 unspecified atom stereocenters. The Balaban J connectivity index is 3.29. The molecule has 0 heteroatoms. The fourth-order valence-electron chi connectivity index (χ4n) is 2.04. The van der Waals surface area contributed by atoms with Gasteiger partial charge in [-0.05, 0) is 17.8 Å². The lowest BCUT2D eigenvalue weighted by Gasteiger charge is -2.13. The van der Waals surface area contributed by atoms with Crippen LogP contribution in [-0.2, 0) is 0 Å². The van der Waals surface area contributed by atoms with E-state index in [9.17, 15) is 0 Å². The van der Waals surface area contributed by atoms with Crippen LogP contribution in [0.1, 0.15) is 79.6 Å². The van der Waals surface area contributed by atoms with E-state index in [0.717, 1.165) is 17.8 Å². The van der Waals surface area contributed by atoms with Crippen LogP contribution < -0.4 is 0 Å². The van der Waals surface area contributed by atoms with Crippen LogP contribution in [-0.4, -0.2) is 0 Å². The zero-order valence-corrected chi connectivity index (χ0v) is 11.7. The van der Waals surface area contributed by atoms with Crippen molar-refractivity contribution in [1.82, 2.24) is 0 Å². The first kappa shape index (κ1) is 15.0. The van der Waals surface area contributed by atoms with Gasteiger partial charge in [-0.15, -0.1) is 0 Å². The van der Waals surface area contributed by atoms with Gasteiger partial charge in [-0.3, -0.25) is 0 Å². The highest BCUT2D eigenvalue weighted by atomic mass is 14.1. The molecule has 0 nitrogen and oxygen atoms in total. The van der Waals surface area contributed by atoms with Crippen LogP contribution in [0.2, 0.25) is 0 Å². The predicted molar refractivity (Wildman–Crippen MR) is 71.2 cm³/mol. The highest BCUT2D eigenvalue weighted by Gasteiger charge is 2.04. The van der Waals surface area contributed by atoms with E-state index in [-0.39, 0.29) is 0 Å². The minimum absolute atomic E-state index is 0.886. The van der Waals surface area contributed by atoms with E-state index in [0.29, 0.717) is 0 Å². The monoisotopic (exact) mass is 212 g/mol. The summed E-state index contributed by atoms with van der Waals surface area (Å²) < 4.78 is 0. The van der Waals surface area contributed by atoms with Crippen LogP contribution >= 0.6 is 0 Å². The standard InChI is InChI=1S/C15H32/c1-6-14(4)10-8-12-15(5)11-7-9-13(2)3/h13-15H,6-12H2,1-5H3/t14-,15+/m0/s1. The van der Waals surface area contributed by atoms with E-state index in [4.69, 9.17) is 0 Å². The molecule has 0 bridgehead atoms. The molecule has 0 aromatic rings.